The van der Waals surface area contributed by atoms with Crippen LogP contribution in [-0.2, 0) is 0 Å². The van der Waals surface area contributed by atoms with Crippen LogP contribution in [0.4, 0.5) is 5.82 Å². The molecule has 0 bridgehead atoms. The quantitative estimate of drug-likeness (QED) is 0.686. The van der Waals surface area contributed by atoms with Gasteiger partial charge in [-0.15, -0.1) is 0 Å². The van der Waals surface area contributed by atoms with E-state index in [0.29, 0.717) is 4.64 Å². The van der Waals surface area contributed by atoms with Crippen LogP contribution in [0.3, 0.4) is 0 Å². The first-order valence-corrected chi connectivity index (χ1v) is 4.97. The largest absolute Gasteiger partial charge is 0.265 e. The first kappa shape index (κ1) is 8.55. The molecule has 1 aromatic carbocycles. The molecule has 0 aliphatic carbocycles. The normalized spacial score (nSPS) is 13.5. The summed E-state index contributed by atoms with van der Waals surface area (Å²) in [7, 11) is 1.87. The van der Waals surface area contributed by atoms with E-state index in [2.05, 4.69) is 15.3 Å². The maximum absolute atomic E-state index is 5.20. The molecule has 0 spiro atoms. The standard InChI is InChI=1S/C10H8N4S/c1-14-9-8-6(5-11-14)3-2-4-7(8)10(15)13-12-9/h2-5H,1H3,(H,13,15). The molecule has 0 atom stereocenters. The molecule has 1 aromatic heterocycles. The van der Waals surface area contributed by atoms with Gasteiger partial charge in [0.05, 0.1) is 6.21 Å². The van der Waals surface area contributed by atoms with Gasteiger partial charge in [-0.3, -0.25) is 5.10 Å². The second-order valence-electron chi connectivity index (χ2n) is 3.41. The van der Waals surface area contributed by atoms with Crippen molar-refractivity contribution in [3.8, 4) is 0 Å². The number of nitrogens with zero attached hydrogens (tertiary/aromatic N) is 3. The Morgan fingerprint density at radius 2 is 2.27 bits per heavy atom. The number of benzene rings is 1. The first-order valence-electron chi connectivity index (χ1n) is 4.56. The Hall–Kier alpha value is -1.75. The van der Waals surface area contributed by atoms with Crippen molar-refractivity contribution in [3.63, 3.8) is 0 Å². The van der Waals surface area contributed by atoms with Crippen molar-refractivity contribution in [1.82, 2.24) is 10.2 Å². The lowest BCUT2D eigenvalue weighted by Gasteiger charge is -2.18. The van der Waals surface area contributed by atoms with Gasteiger partial charge in [-0.05, 0) is 0 Å². The summed E-state index contributed by atoms with van der Waals surface area (Å²) >= 11 is 5.20. The van der Waals surface area contributed by atoms with Crippen LogP contribution < -0.4 is 5.01 Å². The first-order chi connectivity index (χ1) is 7.27. The molecule has 0 fully saturated rings. The third kappa shape index (κ3) is 1.10. The van der Waals surface area contributed by atoms with Crippen molar-refractivity contribution in [1.29, 1.82) is 0 Å². The number of anilines is 1. The highest BCUT2D eigenvalue weighted by Crippen LogP contribution is 2.28. The summed E-state index contributed by atoms with van der Waals surface area (Å²) < 4.78 is 0.666. The van der Waals surface area contributed by atoms with Gasteiger partial charge < -0.3 is 0 Å². The maximum atomic E-state index is 5.20. The fraction of sp³-hybridized carbons (Fsp3) is 0.100. The molecule has 74 valence electrons. The van der Waals surface area contributed by atoms with Crippen LogP contribution in [-0.4, -0.2) is 23.5 Å². The Kier molecular flexibility index (Phi) is 1.63. The van der Waals surface area contributed by atoms with Gasteiger partial charge in [0.1, 0.15) is 4.64 Å². The monoisotopic (exact) mass is 216 g/mol. The molecule has 4 nitrogen and oxygen atoms in total. The summed E-state index contributed by atoms with van der Waals surface area (Å²) in [5.41, 5.74) is 1.06. The number of hydrazone groups is 1. The van der Waals surface area contributed by atoms with Crippen LogP contribution in [0.1, 0.15) is 5.56 Å². The molecule has 1 N–H and O–H groups in total. The highest BCUT2D eigenvalue weighted by atomic mass is 32.1. The highest BCUT2D eigenvalue weighted by Gasteiger charge is 2.14. The number of H-pyrrole nitrogens is 1. The molecule has 5 heteroatoms. The zero-order valence-corrected chi connectivity index (χ0v) is 8.88. The van der Waals surface area contributed by atoms with E-state index in [1.165, 1.54) is 0 Å². The zero-order chi connectivity index (χ0) is 10.4. The lowest BCUT2D eigenvalue weighted by molar-refractivity contribution is 0.925. The molecular formula is C10H8N4S. The van der Waals surface area contributed by atoms with Crippen LogP contribution in [0, 0.1) is 4.64 Å². The van der Waals surface area contributed by atoms with E-state index in [1.807, 2.05) is 31.5 Å². The Morgan fingerprint density at radius 3 is 3.13 bits per heavy atom. The Labute approximate surface area is 91.2 Å². The van der Waals surface area contributed by atoms with Gasteiger partial charge in [-0.2, -0.15) is 10.2 Å². The highest BCUT2D eigenvalue weighted by molar-refractivity contribution is 7.71. The van der Waals surface area contributed by atoms with Crippen molar-refractivity contribution < 1.29 is 0 Å². The second-order valence-corrected chi connectivity index (χ2v) is 3.82. The average Bonchev–Trinajstić information content (AvgIpc) is 2.26. The summed E-state index contributed by atoms with van der Waals surface area (Å²) in [6, 6.07) is 5.98. The van der Waals surface area contributed by atoms with Gasteiger partial charge in [0.15, 0.2) is 5.82 Å². The minimum atomic E-state index is 0.666. The smallest absolute Gasteiger partial charge is 0.177 e. The molecule has 0 unspecified atom stereocenters. The molecule has 0 saturated carbocycles. The van der Waals surface area contributed by atoms with E-state index in [4.69, 9.17) is 12.2 Å². The van der Waals surface area contributed by atoms with Gasteiger partial charge in [0, 0.05) is 23.4 Å². The number of hydrogen-bond donors (Lipinski definition) is 1. The lowest BCUT2D eigenvalue weighted by atomic mass is 10.1. The summed E-state index contributed by atoms with van der Waals surface area (Å²) in [5.74, 6) is 0.816. The third-order valence-corrected chi connectivity index (χ3v) is 2.82. The van der Waals surface area contributed by atoms with E-state index in [-0.39, 0.29) is 0 Å². The van der Waals surface area contributed by atoms with Crippen molar-refractivity contribution in [2.45, 2.75) is 0 Å². The van der Waals surface area contributed by atoms with Gasteiger partial charge in [-0.1, -0.05) is 30.4 Å². The van der Waals surface area contributed by atoms with E-state index in [1.54, 1.807) is 5.01 Å². The predicted octanol–water partition coefficient (Wildman–Crippen LogP) is 2.08. The summed E-state index contributed by atoms with van der Waals surface area (Å²) in [6.07, 6.45) is 1.83. The van der Waals surface area contributed by atoms with Crippen molar-refractivity contribution >= 4 is 35.0 Å². The summed E-state index contributed by atoms with van der Waals surface area (Å²) in [4.78, 5) is 0. The topological polar surface area (TPSA) is 44.3 Å². The van der Waals surface area contributed by atoms with Crippen LogP contribution in [0.15, 0.2) is 23.3 Å². The van der Waals surface area contributed by atoms with E-state index in [9.17, 15) is 0 Å². The van der Waals surface area contributed by atoms with Crippen molar-refractivity contribution in [2.24, 2.45) is 5.10 Å². The minimum Gasteiger partial charge on any atom is -0.265 e. The molecule has 15 heavy (non-hydrogen) atoms. The number of nitrogens with one attached hydrogen (secondary N) is 1. The Bertz CT molecular complexity index is 629. The summed E-state index contributed by atoms with van der Waals surface area (Å²) in [6.45, 7) is 0. The molecule has 0 saturated heterocycles. The van der Waals surface area contributed by atoms with Gasteiger partial charge in [0.2, 0.25) is 0 Å². The molecule has 1 aliphatic rings. The molecule has 0 radical (unpaired) electrons. The van der Waals surface area contributed by atoms with Gasteiger partial charge >= 0.3 is 0 Å². The fourth-order valence-electron chi connectivity index (χ4n) is 1.77. The molecule has 0 amide bonds. The fourth-order valence-corrected chi connectivity index (χ4v) is 1.99. The van der Waals surface area contributed by atoms with Crippen molar-refractivity contribution in [3.05, 3.63) is 28.4 Å². The minimum absolute atomic E-state index is 0.666. The lowest BCUT2D eigenvalue weighted by Crippen LogP contribution is -2.16. The van der Waals surface area contributed by atoms with Gasteiger partial charge in [-0.25, -0.2) is 5.01 Å². The SMILES string of the molecule is CN1N=Cc2cccc3c(=S)[nH]nc1c23. The molecule has 2 heterocycles. The molecule has 1 aliphatic heterocycles. The molecular weight excluding hydrogens is 208 g/mol. The Morgan fingerprint density at radius 1 is 1.40 bits per heavy atom. The number of hydrogen-bond acceptors (Lipinski definition) is 4. The average molecular weight is 216 g/mol. The van der Waals surface area contributed by atoms with Crippen LogP contribution in [0.25, 0.3) is 10.8 Å². The zero-order valence-electron chi connectivity index (χ0n) is 8.06. The number of rotatable bonds is 0. The van der Waals surface area contributed by atoms with Crippen molar-refractivity contribution in [2.75, 3.05) is 12.1 Å². The van der Waals surface area contributed by atoms with Crippen LogP contribution in [0.2, 0.25) is 0 Å². The predicted molar refractivity (Wildman–Crippen MR) is 62.9 cm³/mol. The van der Waals surface area contributed by atoms with E-state index >= 15 is 0 Å². The maximum Gasteiger partial charge on any atom is 0.177 e. The Balaban J connectivity index is 2.59. The molecule has 2 aromatic rings. The number of aromatic amines is 1. The van der Waals surface area contributed by atoms with E-state index < -0.39 is 0 Å². The van der Waals surface area contributed by atoms with Crippen LogP contribution >= 0.6 is 12.2 Å². The third-order valence-electron chi connectivity index (χ3n) is 2.50. The van der Waals surface area contributed by atoms with Crippen LogP contribution in [0.5, 0.6) is 0 Å². The van der Waals surface area contributed by atoms with Gasteiger partial charge in [0.25, 0.3) is 0 Å². The summed E-state index contributed by atoms with van der Waals surface area (Å²) in [5, 5.41) is 15.1. The van der Waals surface area contributed by atoms with E-state index in [0.717, 1.165) is 22.2 Å². The number of aromatic nitrogens is 2. The second kappa shape index (κ2) is 2.87. The molecule has 3 rings (SSSR count).